The molecule has 1 aromatic carbocycles. The Kier molecular flexibility index (Phi) is 5.03. The third-order valence-electron chi connectivity index (χ3n) is 3.96. The zero-order valence-electron chi connectivity index (χ0n) is 13.1. The molecule has 0 atom stereocenters. The van der Waals surface area contributed by atoms with Gasteiger partial charge in [-0.1, -0.05) is 34.6 Å². The first-order valence-electron chi connectivity index (χ1n) is 7.08. The molecule has 1 aromatic rings. The lowest BCUT2D eigenvalue weighted by Crippen LogP contribution is -2.27. The Morgan fingerprint density at radius 3 is 2.15 bits per heavy atom. The summed E-state index contributed by atoms with van der Waals surface area (Å²) in [5.74, 6) is 0.00384. The van der Waals surface area contributed by atoms with Gasteiger partial charge < -0.3 is 16.2 Å². The van der Waals surface area contributed by atoms with Gasteiger partial charge in [0.1, 0.15) is 0 Å². The van der Waals surface area contributed by atoms with E-state index in [4.69, 9.17) is 16.2 Å². The van der Waals surface area contributed by atoms with Gasteiger partial charge in [0.2, 0.25) is 0 Å². The highest BCUT2D eigenvalue weighted by molar-refractivity contribution is 5.92. The van der Waals surface area contributed by atoms with E-state index in [-0.39, 0.29) is 11.4 Å². The van der Waals surface area contributed by atoms with Gasteiger partial charge in [-0.05, 0) is 29.9 Å². The third-order valence-corrected chi connectivity index (χ3v) is 3.96. The zero-order valence-corrected chi connectivity index (χ0v) is 13.1. The van der Waals surface area contributed by atoms with Crippen molar-refractivity contribution < 1.29 is 9.53 Å². The van der Waals surface area contributed by atoms with Gasteiger partial charge in [-0.2, -0.15) is 0 Å². The molecule has 112 valence electrons. The summed E-state index contributed by atoms with van der Waals surface area (Å²) < 4.78 is 5.11. The van der Waals surface area contributed by atoms with Crippen LogP contribution in [0.3, 0.4) is 0 Å². The molecule has 4 N–H and O–H groups in total. The van der Waals surface area contributed by atoms with Gasteiger partial charge in [-0.15, -0.1) is 0 Å². The van der Waals surface area contributed by atoms with Crippen LogP contribution in [-0.4, -0.2) is 12.6 Å². The molecular formula is C16H26N2O2. The number of esters is 1. The summed E-state index contributed by atoms with van der Waals surface area (Å²) in [6.07, 6.45) is 0.787. The molecule has 0 spiro atoms. The predicted molar refractivity (Wildman–Crippen MR) is 83.7 cm³/mol. The van der Waals surface area contributed by atoms with Gasteiger partial charge in [0.05, 0.1) is 12.2 Å². The quantitative estimate of drug-likeness (QED) is 0.639. The minimum Gasteiger partial charge on any atom is -0.462 e. The largest absolute Gasteiger partial charge is 0.462 e. The molecule has 4 nitrogen and oxygen atoms in total. The van der Waals surface area contributed by atoms with Crippen LogP contribution in [0.25, 0.3) is 0 Å². The van der Waals surface area contributed by atoms with Crippen LogP contribution in [0.4, 0.5) is 11.4 Å². The summed E-state index contributed by atoms with van der Waals surface area (Å²) >= 11 is 0. The summed E-state index contributed by atoms with van der Waals surface area (Å²) in [5, 5.41) is 0. The Hall–Kier alpha value is -1.71. The van der Waals surface area contributed by atoms with Crippen molar-refractivity contribution in [2.45, 2.75) is 46.5 Å². The van der Waals surface area contributed by atoms with Crippen molar-refractivity contribution in [2.75, 3.05) is 18.1 Å². The molecule has 1 rings (SSSR count). The first-order valence-corrected chi connectivity index (χ1v) is 7.08. The molecule has 0 radical (unpaired) electrons. The normalized spacial score (nSPS) is 11.7. The van der Waals surface area contributed by atoms with E-state index >= 15 is 0 Å². The lowest BCUT2D eigenvalue weighted by Gasteiger charge is -2.32. The molecule has 0 saturated carbocycles. The maximum absolute atomic E-state index is 11.9. The molecule has 0 saturated heterocycles. The highest BCUT2D eigenvalue weighted by Gasteiger charge is 2.29. The van der Waals surface area contributed by atoms with Crippen LogP contribution in [0.2, 0.25) is 0 Å². The topological polar surface area (TPSA) is 78.3 Å². The minimum absolute atomic E-state index is 0.153. The number of nitrogen functional groups attached to an aromatic ring is 2. The fraction of sp³-hybridized carbons (Fsp3) is 0.562. The molecule has 20 heavy (non-hydrogen) atoms. The fourth-order valence-electron chi connectivity index (χ4n) is 2.12. The van der Waals surface area contributed by atoms with E-state index in [0.29, 0.717) is 29.5 Å². The molecule has 0 aliphatic rings. The number of carbonyl (C=O) groups is 1. The molecule has 0 aromatic heterocycles. The minimum atomic E-state index is -0.376. The molecule has 0 fully saturated rings. The lowest BCUT2D eigenvalue weighted by atomic mass is 9.73. The van der Waals surface area contributed by atoms with E-state index in [0.717, 1.165) is 12.0 Å². The van der Waals surface area contributed by atoms with Crippen molar-refractivity contribution in [3.05, 3.63) is 23.3 Å². The van der Waals surface area contributed by atoms with Crippen molar-refractivity contribution >= 4 is 17.3 Å². The predicted octanol–water partition coefficient (Wildman–Crippen LogP) is 3.35. The first-order chi connectivity index (χ1) is 9.21. The second kappa shape index (κ2) is 6.16. The Bertz CT molecular complexity index is 470. The summed E-state index contributed by atoms with van der Waals surface area (Å²) in [4.78, 5) is 11.9. The molecular weight excluding hydrogens is 252 g/mol. The van der Waals surface area contributed by atoms with Crippen molar-refractivity contribution in [1.82, 2.24) is 0 Å². The van der Waals surface area contributed by atoms with E-state index in [1.165, 1.54) is 0 Å². The first kappa shape index (κ1) is 16.3. The van der Waals surface area contributed by atoms with Gasteiger partial charge >= 0.3 is 5.97 Å². The van der Waals surface area contributed by atoms with E-state index < -0.39 is 0 Å². The number of hydrogen-bond acceptors (Lipinski definition) is 4. The fourth-order valence-corrected chi connectivity index (χ4v) is 2.12. The summed E-state index contributed by atoms with van der Waals surface area (Å²) in [7, 11) is 0. The van der Waals surface area contributed by atoms with Gasteiger partial charge in [0.15, 0.2) is 0 Å². The number of nitrogens with two attached hydrogens (primary N) is 2. The van der Waals surface area contributed by atoms with Crippen LogP contribution in [-0.2, 0) is 10.2 Å². The highest BCUT2D eigenvalue weighted by Crippen LogP contribution is 2.39. The Morgan fingerprint density at radius 1 is 1.25 bits per heavy atom. The zero-order chi connectivity index (χ0) is 15.5. The van der Waals surface area contributed by atoms with E-state index in [2.05, 4.69) is 27.7 Å². The monoisotopic (exact) mass is 278 g/mol. The van der Waals surface area contributed by atoms with Crippen LogP contribution in [0.5, 0.6) is 0 Å². The van der Waals surface area contributed by atoms with Crippen LogP contribution < -0.4 is 11.5 Å². The van der Waals surface area contributed by atoms with Crippen molar-refractivity contribution in [3.63, 3.8) is 0 Å². The maximum Gasteiger partial charge on any atom is 0.338 e. The van der Waals surface area contributed by atoms with Gasteiger partial charge in [-0.25, -0.2) is 4.79 Å². The molecule has 0 bridgehead atoms. The third kappa shape index (κ3) is 3.24. The number of carbonyl (C=O) groups excluding carboxylic acids is 1. The lowest BCUT2D eigenvalue weighted by molar-refractivity contribution is 0.0505. The van der Waals surface area contributed by atoms with Crippen LogP contribution in [0, 0.1) is 5.92 Å². The van der Waals surface area contributed by atoms with E-state index in [1.54, 1.807) is 12.1 Å². The standard InChI is InChI=1S/C16H26N2O2/c1-6-7-20-15(19)11-8-12(17)14(13(18)9-11)16(4,5)10(2)3/h8-10H,6-7,17-18H2,1-5H3. The smallest absolute Gasteiger partial charge is 0.338 e. The van der Waals surface area contributed by atoms with Crippen molar-refractivity contribution in [1.29, 1.82) is 0 Å². The Morgan fingerprint density at radius 2 is 1.75 bits per heavy atom. The molecule has 0 heterocycles. The second-order valence-electron chi connectivity index (χ2n) is 6.04. The number of hydrogen-bond donors (Lipinski definition) is 2. The molecule has 0 unspecified atom stereocenters. The van der Waals surface area contributed by atoms with Crippen LogP contribution >= 0.6 is 0 Å². The van der Waals surface area contributed by atoms with Crippen molar-refractivity contribution in [2.24, 2.45) is 5.92 Å². The van der Waals surface area contributed by atoms with Gasteiger partial charge in [-0.3, -0.25) is 0 Å². The second-order valence-corrected chi connectivity index (χ2v) is 6.04. The van der Waals surface area contributed by atoms with Crippen LogP contribution in [0.15, 0.2) is 12.1 Å². The van der Waals surface area contributed by atoms with Crippen molar-refractivity contribution in [3.8, 4) is 0 Å². The number of rotatable bonds is 5. The number of ether oxygens (including phenoxy) is 1. The molecule has 0 aliphatic heterocycles. The summed E-state index contributed by atoms with van der Waals surface area (Å²) in [6, 6.07) is 3.32. The van der Waals surface area contributed by atoms with E-state index in [1.807, 2.05) is 6.92 Å². The average molecular weight is 278 g/mol. The molecule has 0 aliphatic carbocycles. The van der Waals surface area contributed by atoms with E-state index in [9.17, 15) is 4.79 Å². The Balaban J connectivity index is 3.19. The van der Waals surface area contributed by atoms with Crippen LogP contribution in [0.1, 0.15) is 57.0 Å². The molecule has 4 heteroatoms. The summed E-state index contributed by atoms with van der Waals surface area (Å²) in [6.45, 7) is 10.8. The SMILES string of the molecule is CCCOC(=O)c1cc(N)c(C(C)(C)C(C)C)c(N)c1. The maximum atomic E-state index is 11.9. The number of benzene rings is 1. The molecule has 0 amide bonds. The summed E-state index contributed by atoms with van der Waals surface area (Å²) in [5.41, 5.74) is 14.5. The number of anilines is 2. The van der Waals surface area contributed by atoms with Gasteiger partial charge in [0, 0.05) is 16.9 Å². The Labute approximate surface area is 121 Å². The van der Waals surface area contributed by atoms with Gasteiger partial charge in [0.25, 0.3) is 0 Å². The highest BCUT2D eigenvalue weighted by atomic mass is 16.5. The average Bonchev–Trinajstić information content (AvgIpc) is 2.34.